The molecule has 0 radical (unpaired) electrons. The Kier molecular flexibility index (Phi) is 11.2. The van der Waals surface area contributed by atoms with Crippen LogP contribution in [0.5, 0.6) is 0 Å². The Morgan fingerprint density at radius 1 is 1.00 bits per heavy atom. The Labute approximate surface area is 198 Å². The molecule has 1 aromatic rings. The quantitative estimate of drug-likeness (QED) is 0.321. The van der Waals surface area contributed by atoms with Gasteiger partial charge >= 0.3 is 0 Å². The molecular formula is C22H38FIN6. The molecule has 0 aliphatic carbocycles. The summed E-state index contributed by atoms with van der Waals surface area (Å²) in [7, 11) is 1.85. The van der Waals surface area contributed by atoms with Gasteiger partial charge < -0.3 is 20.4 Å². The minimum absolute atomic E-state index is 0. The van der Waals surface area contributed by atoms with E-state index in [-0.39, 0.29) is 29.8 Å². The predicted molar refractivity (Wildman–Crippen MR) is 135 cm³/mol. The van der Waals surface area contributed by atoms with Gasteiger partial charge in [0, 0.05) is 71.1 Å². The van der Waals surface area contributed by atoms with Crippen LogP contribution in [0, 0.1) is 5.82 Å². The number of aliphatic imine (C=N–C) groups is 1. The van der Waals surface area contributed by atoms with Gasteiger partial charge in [0.05, 0.1) is 0 Å². The van der Waals surface area contributed by atoms with Crippen molar-refractivity contribution < 1.29 is 4.39 Å². The summed E-state index contributed by atoms with van der Waals surface area (Å²) in [5.74, 6) is 0.746. The van der Waals surface area contributed by atoms with Gasteiger partial charge in [-0.1, -0.05) is 6.92 Å². The molecule has 0 unspecified atom stereocenters. The summed E-state index contributed by atoms with van der Waals surface area (Å²) in [4.78, 5) is 11.8. The van der Waals surface area contributed by atoms with Crippen LogP contribution in [0.3, 0.4) is 0 Å². The van der Waals surface area contributed by atoms with Crippen LogP contribution in [-0.2, 0) is 0 Å². The molecule has 170 valence electrons. The molecule has 0 aromatic heterocycles. The normalized spacial score (nSPS) is 19.4. The third-order valence-electron chi connectivity index (χ3n) is 5.98. The predicted octanol–water partition coefficient (Wildman–Crippen LogP) is 2.61. The lowest BCUT2D eigenvalue weighted by atomic mass is 10.1. The van der Waals surface area contributed by atoms with Gasteiger partial charge in [0.1, 0.15) is 5.82 Å². The average molecular weight is 532 g/mol. The molecule has 2 heterocycles. The fraction of sp³-hybridized carbons (Fsp3) is 0.682. The van der Waals surface area contributed by atoms with Gasteiger partial charge in [-0.3, -0.25) is 9.89 Å². The van der Waals surface area contributed by atoms with E-state index >= 15 is 0 Å². The lowest BCUT2D eigenvalue weighted by Gasteiger charge is -2.36. The number of piperazine rings is 1. The lowest BCUT2D eigenvalue weighted by molar-refractivity contribution is 0.206. The van der Waals surface area contributed by atoms with Crippen molar-refractivity contribution in [2.24, 2.45) is 4.99 Å². The summed E-state index contributed by atoms with van der Waals surface area (Å²) in [6, 6.07) is 7.34. The summed E-state index contributed by atoms with van der Waals surface area (Å²) in [6.07, 6.45) is 3.61. The van der Waals surface area contributed by atoms with E-state index in [1.165, 1.54) is 51.0 Å². The zero-order chi connectivity index (χ0) is 20.5. The number of rotatable bonds is 7. The van der Waals surface area contributed by atoms with E-state index in [1.807, 2.05) is 19.2 Å². The van der Waals surface area contributed by atoms with Crippen LogP contribution in [0.25, 0.3) is 0 Å². The van der Waals surface area contributed by atoms with Crippen LogP contribution in [-0.4, -0.2) is 87.8 Å². The molecule has 30 heavy (non-hydrogen) atoms. The van der Waals surface area contributed by atoms with Crippen LogP contribution in [0.1, 0.15) is 26.2 Å². The van der Waals surface area contributed by atoms with Gasteiger partial charge in [-0.2, -0.15) is 0 Å². The molecule has 3 rings (SSSR count). The molecule has 2 N–H and O–H groups in total. The third-order valence-corrected chi connectivity index (χ3v) is 5.98. The molecule has 2 fully saturated rings. The maximum absolute atomic E-state index is 13.1. The van der Waals surface area contributed by atoms with Crippen molar-refractivity contribution in [1.29, 1.82) is 0 Å². The van der Waals surface area contributed by atoms with Gasteiger partial charge in [-0.15, -0.1) is 24.0 Å². The van der Waals surface area contributed by atoms with Gasteiger partial charge in [0.2, 0.25) is 0 Å². The van der Waals surface area contributed by atoms with Gasteiger partial charge in [0.25, 0.3) is 0 Å². The number of hydrogen-bond donors (Lipinski definition) is 2. The highest BCUT2D eigenvalue weighted by atomic mass is 127. The highest BCUT2D eigenvalue weighted by Crippen LogP contribution is 2.16. The molecule has 0 bridgehead atoms. The highest BCUT2D eigenvalue weighted by Gasteiger charge is 2.20. The molecule has 0 spiro atoms. The Bertz CT molecular complexity index is 625. The van der Waals surface area contributed by atoms with E-state index in [0.717, 1.165) is 50.9 Å². The Morgan fingerprint density at radius 2 is 1.63 bits per heavy atom. The molecule has 1 aromatic carbocycles. The third kappa shape index (κ3) is 7.85. The number of likely N-dealkylation sites (tertiary alicyclic amines) is 1. The molecule has 0 atom stereocenters. The van der Waals surface area contributed by atoms with Crippen molar-refractivity contribution >= 4 is 35.6 Å². The minimum atomic E-state index is -0.174. The smallest absolute Gasteiger partial charge is 0.191 e. The first-order valence-corrected chi connectivity index (χ1v) is 11.1. The number of guanidine groups is 1. The Balaban J connectivity index is 0.00000320. The van der Waals surface area contributed by atoms with Crippen molar-refractivity contribution in [3.63, 3.8) is 0 Å². The van der Waals surface area contributed by atoms with Crippen molar-refractivity contribution in [3.05, 3.63) is 30.1 Å². The number of piperidine rings is 1. The zero-order valence-electron chi connectivity index (χ0n) is 18.4. The molecular weight excluding hydrogens is 494 g/mol. The van der Waals surface area contributed by atoms with E-state index in [2.05, 4.69) is 37.2 Å². The van der Waals surface area contributed by atoms with E-state index in [4.69, 9.17) is 0 Å². The Hall–Kier alpha value is -1.13. The number of halogens is 2. The lowest BCUT2D eigenvalue weighted by Crippen LogP contribution is -2.51. The maximum Gasteiger partial charge on any atom is 0.191 e. The number of benzene rings is 1. The largest absolute Gasteiger partial charge is 0.369 e. The van der Waals surface area contributed by atoms with Crippen LogP contribution < -0.4 is 15.5 Å². The molecule has 0 saturated carbocycles. The second kappa shape index (κ2) is 13.3. The SMILES string of the molecule is CCCN1CCC(NC(=NC)NCCN2CCN(c3ccc(F)cc3)CC2)CC1.I. The second-order valence-electron chi connectivity index (χ2n) is 8.06. The van der Waals surface area contributed by atoms with Gasteiger partial charge in [-0.05, 0) is 50.1 Å². The summed E-state index contributed by atoms with van der Waals surface area (Å²) in [5, 5.41) is 7.07. The molecule has 2 aliphatic heterocycles. The van der Waals surface area contributed by atoms with Crippen molar-refractivity contribution in [2.75, 3.05) is 70.9 Å². The zero-order valence-corrected chi connectivity index (χ0v) is 20.8. The van der Waals surface area contributed by atoms with Crippen LogP contribution in [0.15, 0.2) is 29.3 Å². The second-order valence-corrected chi connectivity index (χ2v) is 8.06. The van der Waals surface area contributed by atoms with E-state index in [1.54, 1.807) is 0 Å². The molecule has 2 aliphatic rings. The van der Waals surface area contributed by atoms with Gasteiger partial charge in [0.15, 0.2) is 5.96 Å². The van der Waals surface area contributed by atoms with Gasteiger partial charge in [-0.25, -0.2) is 4.39 Å². The monoisotopic (exact) mass is 532 g/mol. The van der Waals surface area contributed by atoms with Crippen LogP contribution in [0.4, 0.5) is 10.1 Å². The first kappa shape index (κ1) is 25.1. The first-order chi connectivity index (χ1) is 14.2. The molecule has 2 saturated heterocycles. The molecule has 0 amide bonds. The van der Waals surface area contributed by atoms with Crippen LogP contribution >= 0.6 is 24.0 Å². The van der Waals surface area contributed by atoms with E-state index in [9.17, 15) is 4.39 Å². The van der Waals surface area contributed by atoms with E-state index < -0.39 is 0 Å². The Morgan fingerprint density at radius 3 is 2.23 bits per heavy atom. The summed E-state index contributed by atoms with van der Waals surface area (Å²) >= 11 is 0. The fourth-order valence-electron chi connectivity index (χ4n) is 4.22. The van der Waals surface area contributed by atoms with E-state index in [0.29, 0.717) is 6.04 Å². The molecule has 8 heteroatoms. The number of anilines is 1. The minimum Gasteiger partial charge on any atom is -0.369 e. The van der Waals surface area contributed by atoms with Crippen molar-refractivity contribution in [3.8, 4) is 0 Å². The number of nitrogens with zero attached hydrogens (tertiary/aromatic N) is 4. The summed E-state index contributed by atoms with van der Waals surface area (Å²) < 4.78 is 13.1. The molecule has 6 nitrogen and oxygen atoms in total. The van der Waals surface area contributed by atoms with Crippen molar-refractivity contribution in [1.82, 2.24) is 20.4 Å². The highest BCUT2D eigenvalue weighted by molar-refractivity contribution is 14.0. The number of nitrogens with one attached hydrogen (secondary N) is 2. The van der Waals surface area contributed by atoms with Crippen LogP contribution in [0.2, 0.25) is 0 Å². The number of hydrogen-bond acceptors (Lipinski definition) is 4. The average Bonchev–Trinajstić information content (AvgIpc) is 2.75. The standard InChI is InChI=1S/C22H37FN6.HI/c1-3-11-27-12-8-20(9-13-27)26-22(24-2)25-10-14-28-15-17-29(18-16-28)21-6-4-19(23)5-7-21;/h4-7,20H,3,8-18H2,1-2H3,(H2,24,25,26);1H. The maximum atomic E-state index is 13.1. The van der Waals surface area contributed by atoms with Crippen molar-refractivity contribution in [2.45, 2.75) is 32.2 Å². The topological polar surface area (TPSA) is 46.1 Å². The summed E-state index contributed by atoms with van der Waals surface area (Å²) in [5.41, 5.74) is 1.11. The first-order valence-electron chi connectivity index (χ1n) is 11.1. The summed E-state index contributed by atoms with van der Waals surface area (Å²) in [6.45, 7) is 11.7. The fourth-order valence-corrected chi connectivity index (χ4v) is 4.22.